The summed E-state index contributed by atoms with van der Waals surface area (Å²) in [5, 5.41) is 2.69. The molecule has 1 N–H and O–H groups in total. The van der Waals surface area contributed by atoms with Crippen molar-refractivity contribution in [1.82, 2.24) is 5.32 Å². The van der Waals surface area contributed by atoms with Gasteiger partial charge < -0.3 is 5.32 Å². The Morgan fingerprint density at radius 2 is 2.00 bits per heavy atom. The van der Waals surface area contributed by atoms with Crippen molar-refractivity contribution in [3.63, 3.8) is 0 Å². The SMILES string of the molecule is CC(CCl)CNCCC(F)(F)F. The monoisotopic (exact) mass is 203 g/mol. The molecule has 1 nitrogen and oxygen atoms in total. The first-order valence-electron chi connectivity index (χ1n) is 3.79. The van der Waals surface area contributed by atoms with Crippen molar-refractivity contribution in [2.45, 2.75) is 19.5 Å². The number of hydrogen-bond donors (Lipinski definition) is 1. The summed E-state index contributed by atoms with van der Waals surface area (Å²) < 4.78 is 34.8. The summed E-state index contributed by atoms with van der Waals surface area (Å²) in [5.74, 6) is 0.693. The van der Waals surface area contributed by atoms with Crippen molar-refractivity contribution in [3.8, 4) is 0 Å². The van der Waals surface area contributed by atoms with E-state index in [4.69, 9.17) is 11.6 Å². The highest BCUT2D eigenvalue weighted by Gasteiger charge is 2.25. The minimum Gasteiger partial charge on any atom is -0.316 e. The second-order valence-electron chi connectivity index (χ2n) is 2.83. The van der Waals surface area contributed by atoms with Gasteiger partial charge in [0.15, 0.2) is 0 Å². The maximum atomic E-state index is 11.6. The van der Waals surface area contributed by atoms with Crippen LogP contribution in [0.25, 0.3) is 0 Å². The first-order chi connectivity index (χ1) is 5.45. The average molecular weight is 204 g/mol. The second-order valence-corrected chi connectivity index (χ2v) is 3.14. The third-order valence-corrected chi connectivity index (χ3v) is 1.87. The van der Waals surface area contributed by atoms with Gasteiger partial charge in [0.05, 0.1) is 6.42 Å². The minimum atomic E-state index is -4.06. The summed E-state index contributed by atoms with van der Waals surface area (Å²) in [6.45, 7) is 2.40. The Hall–Kier alpha value is 0.0400. The van der Waals surface area contributed by atoms with Gasteiger partial charge in [-0.3, -0.25) is 0 Å². The molecule has 0 saturated carbocycles. The fourth-order valence-electron chi connectivity index (χ4n) is 0.633. The Kier molecular flexibility index (Phi) is 5.66. The van der Waals surface area contributed by atoms with Crippen molar-refractivity contribution in [3.05, 3.63) is 0 Å². The molecule has 0 bridgehead atoms. The van der Waals surface area contributed by atoms with Gasteiger partial charge in [0, 0.05) is 12.4 Å². The first kappa shape index (κ1) is 12.0. The molecule has 0 aromatic carbocycles. The zero-order valence-corrected chi connectivity index (χ0v) is 7.67. The third-order valence-electron chi connectivity index (χ3n) is 1.34. The predicted octanol–water partition coefficient (Wildman–Crippen LogP) is 2.40. The van der Waals surface area contributed by atoms with Crippen LogP contribution < -0.4 is 5.32 Å². The van der Waals surface area contributed by atoms with Gasteiger partial charge in [-0.1, -0.05) is 6.92 Å². The molecule has 0 aromatic rings. The lowest BCUT2D eigenvalue weighted by molar-refractivity contribution is -0.133. The molecular formula is C7H13ClF3N. The lowest BCUT2D eigenvalue weighted by Crippen LogP contribution is -2.26. The van der Waals surface area contributed by atoms with Gasteiger partial charge >= 0.3 is 6.18 Å². The van der Waals surface area contributed by atoms with E-state index < -0.39 is 12.6 Å². The van der Waals surface area contributed by atoms with Crippen molar-refractivity contribution in [2.24, 2.45) is 5.92 Å². The molecule has 5 heteroatoms. The molecule has 0 aliphatic rings. The Balaban J connectivity index is 3.22. The fraction of sp³-hybridized carbons (Fsp3) is 1.00. The summed E-state index contributed by atoms with van der Waals surface area (Å²) in [6.07, 6.45) is -4.83. The molecule has 0 aromatic heterocycles. The first-order valence-corrected chi connectivity index (χ1v) is 4.32. The van der Waals surface area contributed by atoms with Crippen molar-refractivity contribution in [1.29, 1.82) is 0 Å². The number of rotatable bonds is 5. The van der Waals surface area contributed by atoms with E-state index in [1.54, 1.807) is 0 Å². The third kappa shape index (κ3) is 8.14. The summed E-state index contributed by atoms with van der Waals surface area (Å²) in [4.78, 5) is 0. The van der Waals surface area contributed by atoms with E-state index in [2.05, 4.69) is 5.32 Å². The van der Waals surface area contributed by atoms with Gasteiger partial charge in [-0.15, -0.1) is 11.6 Å². The van der Waals surface area contributed by atoms with Gasteiger partial charge in [0.25, 0.3) is 0 Å². The smallest absolute Gasteiger partial charge is 0.316 e. The molecule has 0 aliphatic heterocycles. The molecule has 1 unspecified atom stereocenters. The number of hydrogen-bond acceptors (Lipinski definition) is 1. The van der Waals surface area contributed by atoms with Crippen LogP contribution in [0.2, 0.25) is 0 Å². The Morgan fingerprint density at radius 1 is 1.42 bits per heavy atom. The number of nitrogens with one attached hydrogen (secondary N) is 1. The van der Waals surface area contributed by atoms with Crippen LogP contribution in [-0.2, 0) is 0 Å². The largest absolute Gasteiger partial charge is 0.390 e. The van der Waals surface area contributed by atoms with Gasteiger partial charge in [-0.05, 0) is 12.5 Å². The molecule has 1 atom stereocenters. The van der Waals surface area contributed by atoms with Gasteiger partial charge in [-0.2, -0.15) is 13.2 Å². The number of alkyl halides is 4. The fourth-order valence-corrected chi connectivity index (χ4v) is 0.742. The highest BCUT2D eigenvalue weighted by molar-refractivity contribution is 6.18. The molecule has 0 aliphatic carbocycles. The summed E-state index contributed by atoms with van der Waals surface area (Å²) in [6, 6.07) is 0. The molecule has 0 saturated heterocycles. The lowest BCUT2D eigenvalue weighted by atomic mass is 10.2. The van der Waals surface area contributed by atoms with E-state index in [0.717, 1.165) is 0 Å². The van der Waals surface area contributed by atoms with Gasteiger partial charge in [-0.25, -0.2) is 0 Å². The summed E-state index contributed by atoms with van der Waals surface area (Å²) in [5.41, 5.74) is 0. The maximum absolute atomic E-state index is 11.6. The maximum Gasteiger partial charge on any atom is 0.390 e. The standard InChI is InChI=1S/C7H13ClF3N/c1-6(4-8)5-12-3-2-7(9,10)11/h6,12H,2-5H2,1H3. The lowest BCUT2D eigenvalue weighted by Gasteiger charge is -2.10. The second kappa shape index (κ2) is 5.65. The van der Waals surface area contributed by atoms with Gasteiger partial charge in [0.2, 0.25) is 0 Å². The highest BCUT2D eigenvalue weighted by Crippen LogP contribution is 2.18. The molecule has 0 heterocycles. The number of halogens is 4. The van der Waals surface area contributed by atoms with Crippen molar-refractivity contribution in [2.75, 3.05) is 19.0 Å². The average Bonchev–Trinajstić information content (AvgIpc) is 1.96. The Morgan fingerprint density at radius 3 is 2.42 bits per heavy atom. The zero-order chi connectivity index (χ0) is 9.61. The van der Waals surface area contributed by atoms with Crippen molar-refractivity contribution < 1.29 is 13.2 Å². The van der Waals surface area contributed by atoms with Crippen LogP contribution in [0, 0.1) is 5.92 Å². The summed E-state index contributed by atoms with van der Waals surface area (Å²) in [7, 11) is 0. The molecule has 0 amide bonds. The zero-order valence-electron chi connectivity index (χ0n) is 6.92. The van der Waals surface area contributed by atoms with Crippen LogP contribution in [0.3, 0.4) is 0 Å². The van der Waals surface area contributed by atoms with Crippen LogP contribution in [-0.4, -0.2) is 25.1 Å². The van der Waals surface area contributed by atoms with E-state index in [1.165, 1.54) is 0 Å². The molecule has 0 spiro atoms. The van der Waals surface area contributed by atoms with Crippen molar-refractivity contribution >= 4 is 11.6 Å². The van der Waals surface area contributed by atoms with E-state index in [9.17, 15) is 13.2 Å². The van der Waals surface area contributed by atoms with Crippen LogP contribution in [0.15, 0.2) is 0 Å². The van der Waals surface area contributed by atoms with E-state index in [1.807, 2.05) is 6.92 Å². The molecule has 12 heavy (non-hydrogen) atoms. The van der Waals surface area contributed by atoms with E-state index in [0.29, 0.717) is 12.4 Å². The molecule has 0 rings (SSSR count). The van der Waals surface area contributed by atoms with E-state index in [-0.39, 0.29) is 12.5 Å². The topological polar surface area (TPSA) is 12.0 Å². The molecular weight excluding hydrogens is 191 g/mol. The normalized spacial score (nSPS) is 14.8. The van der Waals surface area contributed by atoms with E-state index >= 15 is 0 Å². The summed E-state index contributed by atoms with van der Waals surface area (Å²) >= 11 is 5.46. The minimum absolute atomic E-state index is 0.0231. The van der Waals surface area contributed by atoms with Crippen LogP contribution in [0.4, 0.5) is 13.2 Å². The Labute approximate surface area is 75.3 Å². The highest BCUT2D eigenvalue weighted by atomic mass is 35.5. The van der Waals surface area contributed by atoms with Crippen LogP contribution in [0.1, 0.15) is 13.3 Å². The predicted molar refractivity (Wildman–Crippen MR) is 43.4 cm³/mol. The van der Waals surface area contributed by atoms with Crippen LogP contribution in [0.5, 0.6) is 0 Å². The Bertz CT molecular complexity index is 116. The molecule has 0 radical (unpaired) electrons. The van der Waals surface area contributed by atoms with Crippen LogP contribution >= 0.6 is 11.6 Å². The molecule has 0 fully saturated rings. The quantitative estimate of drug-likeness (QED) is 0.535. The molecule has 74 valence electrons. The van der Waals surface area contributed by atoms with Gasteiger partial charge in [0.1, 0.15) is 0 Å².